The fourth-order valence-corrected chi connectivity index (χ4v) is 2.41. The van der Waals surface area contributed by atoms with Crippen LogP contribution in [0.25, 0.3) is 0 Å². The zero-order valence-corrected chi connectivity index (χ0v) is 11.0. The van der Waals surface area contributed by atoms with Crippen molar-refractivity contribution < 1.29 is 9.90 Å². The number of hydrogen-bond acceptors (Lipinski definition) is 4. The molecule has 98 valence electrons. The van der Waals surface area contributed by atoms with Gasteiger partial charge in [-0.25, -0.2) is 0 Å². The summed E-state index contributed by atoms with van der Waals surface area (Å²) >= 11 is 12.0. The molecule has 1 aliphatic rings. The molecular weight excluding hydrogens is 277 g/mol. The standard InChI is InChI=1S/C11H13Cl2N3O2/c12-6-1-2-8(17)10(9(6)13)16-4-3-15-7(5-16)11(14)18/h1-2,7,15,17H,3-5H2,(H2,14,18)/t7-/m0/s1. The second-order valence-corrected chi connectivity index (χ2v) is 4.87. The van der Waals surface area contributed by atoms with E-state index in [1.54, 1.807) is 4.90 Å². The van der Waals surface area contributed by atoms with Gasteiger partial charge in [0.1, 0.15) is 11.8 Å². The first-order valence-corrected chi connectivity index (χ1v) is 6.21. The quantitative estimate of drug-likeness (QED) is 0.758. The van der Waals surface area contributed by atoms with Gasteiger partial charge in [0.2, 0.25) is 5.91 Å². The second kappa shape index (κ2) is 5.22. The van der Waals surface area contributed by atoms with Crippen LogP contribution in [0.15, 0.2) is 12.1 Å². The molecule has 0 spiro atoms. The summed E-state index contributed by atoms with van der Waals surface area (Å²) in [7, 11) is 0. The highest BCUT2D eigenvalue weighted by Gasteiger charge is 2.26. The first-order valence-electron chi connectivity index (χ1n) is 5.45. The largest absolute Gasteiger partial charge is 0.506 e. The van der Waals surface area contributed by atoms with E-state index in [1.807, 2.05) is 0 Å². The number of phenols is 1. The summed E-state index contributed by atoms with van der Waals surface area (Å²) in [6.45, 7) is 1.54. The predicted octanol–water partition coefficient (Wildman–Crippen LogP) is 0.962. The number of nitrogens with zero attached hydrogens (tertiary/aromatic N) is 1. The van der Waals surface area contributed by atoms with Gasteiger partial charge < -0.3 is 21.1 Å². The topological polar surface area (TPSA) is 78.6 Å². The molecule has 4 N–H and O–H groups in total. The number of amides is 1. The van der Waals surface area contributed by atoms with Crippen LogP contribution in [-0.2, 0) is 4.79 Å². The molecule has 5 nitrogen and oxygen atoms in total. The molecule has 0 unspecified atom stereocenters. The predicted molar refractivity (Wildman–Crippen MR) is 71.3 cm³/mol. The average molecular weight is 290 g/mol. The number of halogens is 2. The van der Waals surface area contributed by atoms with E-state index < -0.39 is 11.9 Å². The Balaban J connectivity index is 2.31. The van der Waals surface area contributed by atoms with Crippen molar-refractivity contribution in [1.29, 1.82) is 0 Å². The van der Waals surface area contributed by atoms with Gasteiger partial charge in [-0.1, -0.05) is 23.2 Å². The summed E-state index contributed by atoms with van der Waals surface area (Å²) in [5.41, 5.74) is 5.71. The van der Waals surface area contributed by atoms with Gasteiger partial charge >= 0.3 is 0 Å². The summed E-state index contributed by atoms with van der Waals surface area (Å²) in [6, 6.07) is 2.54. The minimum atomic E-state index is -0.465. The Morgan fingerprint density at radius 2 is 2.22 bits per heavy atom. The average Bonchev–Trinajstić information content (AvgIpc) is 2.35. The first kappa shape index (κ1) is 13.3. The van der Waals surface area contributed by atoms with Crippen molar-refractivity contribution in [1.82, 2.24) is 5.32 Å². The minimum absolute atomic E-state index is 0.0366. The molecule has 0 saturated carbocycles. The van der Waals surface area contributed by atoms with Gasteiger partial charge in [0.15, 0.2) is 0 Å². The highest BCUT2D eigenvalue weighted by molar-refractivity contribution is 6.44. The lowest BCUT2D eigenvalue weighted by atomic mass is 10.1. The maximum atomic E-state index is 11.2. The summed E-state index contributed by atoms with van der Waals surface area (Å²) in [4.78, 5) is 13.0. The van der Waals surface area contributed by atoms with E-state index >= 15 is 0 Å². The molecule has 0 bridgehead atoms. The van der Waals surface area contributed by atoms with Crippen molar-refractivity contribution in [2.24, 2.45) is 5.73 Å². The van der Waals surface area contributed by atoms with Crippen LogP contribution in [0.3, 0.4) is 0 Å². The third-order valence-corrected chi connectivity index (χ3v) is 3.68. The lowest BCUT2D eigenvalue weighted by molar-refractivity contribution is -0.120. The van der Waals surface area contributed by atoms with Gasteiger partial charge in [0.25, 0.3) is 0 Å². The Bertz CT molecular complexity index is 482. The molecule has 1 heterocycles. The first-order chi connectivity index (χ1) is 8.50. The SMILES string of the molecule is NC(=O)[C@@H]1CN(c2c(O)ccc(Cl)c2Cl)CCN1. The Labute approximate surface area is 114 Å². The molecule has 0 radical (unpaired) electrons. The number of nitrogens with two attached hydrogens (primary N) is 1. The van der Waals surface area contributed by atoms with Crippen molar-refractivity contribution in [3.63, 3.8) is 0 Å². The third-order valence-electron chi connectivity index (χ3n) is 2.88. The van der Waals surface area contributed by atoms with Crippen LogP contribution in [0.2, 0.25) is 10.0 Å². The van der Waals surface area contributed by atoms with Crippen molar-refractivity contribution in [3.8, 4) is 5.75 Å². The van der Waals surface area contributed by atoms with Gasteiger partial charge in [-0.15, -0.1) is 0 Å². The van der Waals surface area contributed by atoms with Crippen molar-refractivity contribution in [2.75, 3.05) is 24.5 Å². The molecule has 0 aliphatic carbocycles. The van der Waals surface area contributed by atoms with Crippen LogP contribution < -0.4 is 16.0 Å². The Morgan fingerprint density at radius 3 is 2.89 bits per heavy atom. The highest BCUT2D eigenvalue weighted by atomic mass is 35.5. The van der Waals surface area contributed by atoms with E-state index in [4.69, 9.17) is 28.9 Å². The number of primary amides is 1. The van der Waals surface area contributed by atoms with Crippen LogP contribution in [0.1, 0.15) is 0 Å². The molecule has 7 heteroatoms. The summed E-state index contributed by atoms with van der Waals surface area (Å²) < 4.78 is 0. The number of anilines is 1. The Morgan fingerprint density at radius 1 is 1.50 bits per heavy atom. The molecule has 1 aromatic rings. The maximum absolute atomic E-state index is 11.2. The number of nitrogens with one attached hydrogen (secondary N) is 1. The number of carbonyl (C=O) groups excluding carboxylic acids is 1. The van der Waals surface area contributed by atoms with Gasteiger partial charge in [0, 0.05) is 19.6 Å². The van der Waals surface area contributed by atoms with E-state index in [9.17, 15) is 9.90 Å². The summed E-state index contributed by atoms with van der Waals surface area (Å²) in [6.07, 6.45) is 0. The van der Waals surface area contributed by atoms with Crippen LogP contribution in [-0.4, -0.2) is 36.7 Å². The number of carbonyl (C=O) groups is 1. The summed E-state index contributed by atoms with van der Waals surface area (Å²) in [5, 5.41) is 13.5. The normalized spacial score (nSPS) is 19.9. The molecular formula is C11H13Cl2N3O2. The van der Waals surface area contributed by atoms with Crippen LogP contribution in [0, 0.1) is 0 Å². The van der Waals surface area contributed by atoms with Gasteiger partial charge in [-0.3, -0.25) is 4.79 Å². The zero-order chi connectivity index (χ0) is 13.3. The third kappa shape index (κ3) is 2.48. The van der Waals surface area contributed by atoms with E-state index in [0.29, 0.717) is 30.3 Å². The minimum Gasteiger partial charge on any atom is -0.506 e. The molecule has 1 saturated heterocycles. The summed E-state index contributed by atoms with van der Waals surface area (Å²) in [5.74, 6) is -0.396. The van der Waals surface area contributed by atoms with Gasteiger partial charge in [-0.2, -0.15) is 0 Å². The molecule has 1 aliphatic heterocycles. The van der Waals surface area contributed by atoms with Crippen molar-refractivity contribution in [3.05, 3.63) is 22.2 Å². The zero-order valence-electron chi connectivity index (χ0n) is 9.49. The fourth-order valence-electron chi connectivity index (χ4n) is 1.97. The molecule has 2 rings (SSSR count). The monoisotopic (exact) mass is 289 g/mol. The van der Waals surface area contributed by atoms with E-state index in [1.165, 1.54) is 12.1 Å². The number of piperazine rings is 1. The molecule has 0 aromatic heterocycles. The van der Waals surface area contributed by atoms with Crippen LogP contribution in [0.5, 0.6) is 5.75 Å². The maximum Gasteiger partial charge on any atom is 0.236 e. The molecule has 1 atom stereocenters. The van der Waals surface area contributed by atoms with Crippen LogP contribution >= 0.6 is 23.2 Å². The van der Waals surface area contributed by atoms with E-state index in [-0.39, 0.29) is 10.8 Å². The number of benzene rings is 1. The van der Waals surface area contributed by atoms with E-state index in [0.717, 1.165) is 0 Å². The number of hydrogen-bond donors (Lipinski definition) is 3. The number of rotatable bonds is 2. The van der Waals surface area contributed by atoms with Crippen molar-refractivity contribution >= 4 is 34.8 Å². The van der Waals surface area contributed by atoms with Crippen LogP contribution in [0.4, 0.5) is 5.69 Å². The van der Waals surface area contributed by atoms with E-state index in [2.05, 4.69) is 5.32 Å². The lowest BCUT2D eigenvalue weighted by Gasteiger charge is -2.34. The molecule has 18 heavy (non-hydrogen) atoms. The highest BCUT2D eigenvalue weighted by Crippen LogP contribution is 2.40. The molecule has 1 aromatic carbocycles. The smallest absolute Gasteiger partial charge is 0.236 e. The van der Waals surface area contributed by atoms with Crippen molar-refractivity contribution in [2.45, 2.75) is 6.04 Å². The van der Waals surface area contributed by atoms with Gasteiger partial charge in [-0.05, 0) is 12.1 Å². The Hall–Kier alpha value is -1.17. The number of aromatic hydroxyl groups is 1. The fraction of sp³-hybridized carbons (Fsp3) is 0.364. The number of phenolic OH excluding ortho intramolecular Hbond substituents is 1. The second-order valence-electron chi connectivity index (χ2n) is 4.08. The van der Waals surface area contributed by atoms with Gasteiger partial charge in [0.05, 0.1) is 15.7 Å². The lowest BCUT2D eigenvalue weighted by Crippen LogP contribution is -2.56. The Kier molecular flexibility index (Phi) is 3.85. The molecule has 1 amide bonds. The molecule has 1 fully saturated rings.